The van der Waals surface area contributed by atoms with E-state index in [4.69, 9.17) is 4.74 Å². The number of nitrogens with zero attached hydrogens (tertiary/aromatic N) is 2. The summed E-state index contributed by atoms with van der Waals surface area (Å²) in [5.74, 6) is 0.159. The van der Waals surface area contributed by atoms with Gasteiger partial charge < -0.3 is 15.0 Å². The maximum atomic E-state index is 12.5. The van der Waals surface area contributed by atoms with Crippen LogP contribution in [0.5, 0.6) is 0 Å². The molecule has 0 saturated carbocycles. The standard InChI is InChI=1S/C18H25N3O4S/c1-3-4-9-21-13(2)20-26(23,24)17-11-14(7-8-16(17)21)18(22)19-12-15-6-5-10-25-15/h7-8,11,15H,3-6,9-10,12H2,1-2H3,(H,19,22)/t15-/m1/s1. The van der Waals surface area contributed by atoms with Crippen LogP contribution in [0.3, 0.4) is 0 Å². The summed E-state index contributed by atoms with van der Waals surface area (Å²) in [5.41, 5.74) is 0.900. The van der Waals surface area contributed by atoms with Crippen LogP contribution in [0.2, 0.25) is 0 Å². The molecule has 1 fully saturated rings. The Balaban J connectivity index is 1.83. The van der Waals surface area contributed by atoms with Crippen molar-refractivity contribution in [3.63, 3.8) is 0 Å². The number of anilines is 1. The lowest BCUT2D eigenvalue weighted by molar-refractivity contribution is 0.0857. The zero-order chi connectivity index (χ0) is 18.7. The minimum atomic E-state index is -3.79. The molecule has 0 aliphatic carbocycles. The third kappa shape index (κ3) is 3.91. The predicted molar refractivity (Wildman–Crippen MR) is 100 cm³/mol. The van der Waals surface area contributed by atoms with Crippen LogP contribution >= 0.6 is 0 Å². The molecule has 3 rings (SSSR count). The fourth-order valence-electron chi connectivity index (χ4n) is 3.24. The van der Waals surface area contributed by atoms with Crippen LogP contribution < -0.4 is 10.2 Å². The number of amidine groups is 1. The van der Waals surface area contributed by atoms with Crippen molar-refractivity contribution in [3.05, 3.63) is 23.8 Å². The van der Waals surface area contributed by atoms with Crippen molar-refractivity contribution in [3.8, 4) is 0 Å². The van der Waals surface area contributed by atoms with Gasteiger partial charge in [-0.25, -0.2) is 0 Å². The van der Waals surface area contributed by atoms with Crippen LogP contribution in [0.25, 0.3) is 0 Å². The first kappa shape index (κ1) is 18.8. The normalized spacial score (nSPS) is 21.2. The van der Waals surface area contributed by atoms with Crippen molar-refractivity contribution < 1.29 is 17.9 Å². The van der Waals surface area contributed by atoms with Gasteiger partial charge in [-0.05, 0) is 44.4 Å². The van der Waals surface area contributed by atoms with Crippen LogP contribution in [0.1, 0.15) is 49.9 Å². The van der Waals surface area contributed by atoms with E-state index in [9.17, 15) is 13.2 Å². The molecular weight excluding hydrogens is 354 g/mol. The van der Waals surface area contributed by atoms with Crippen LogP contribution in [0, 0.1) is 0 Å². The number of hydrogen-bond acceptors (Lipinski definition) is 5. The van der Waals surface area contributed by atoms with E-state index >= 15 is 0 Å². The Hall–Kier alpha value is -1.93. The highest BCUT2D eigenvalue weighted by molar-refractivity contribution is 7.90. The molecule has 0 bridgehead atoms. The van der Waals surface area contributed by atoms with Gasteiger partial charge in [-0.3, -0.25) is 4.79 Å². The van der Waals surface area contributed by atoms with Crippen molar-refractivity contribution in [2.75, 3.05) is 24.6 Å². The molecule has 8 heteroatoms. The highest BCUT2D eigenvalue weighted by atomic mass is 32.2. The Morgan fingerprint density at radius 3 is 2.92 bits per heavy atom. The predicted octanol–water partition coefficient (Wildman–Crippen LogP) is 2.32. The van der Waals surface area contributed by atoms with Gasteiger partial charge in [-0.1, -0.05) is 13.3 Å². The van der Waals surface area contributed by atoms with Crippen molar-refractivity contribution >= 4 is 27.5 Å². The first-order valence-corrected chi connectivity index (χ1v) is 10.5. The monoisotopic (exact) mass is 379 g/mol. The SMILES string of the molecule is CCCCN1C(C)=NS(=O)(=O)c2cc(C(=O)NC[C@H]3CCCO3)ccc21. The van der Waals surface area contributed by atoms with Gasteiger partial charge in [0.15, 0.2) is 0 Å². The number of amides is 1. The summed E-state index contributed by atoms with van der Waals surface area (Å²) in [6, 6.07) is 4.78. The van der Waals surface area contributed by atoms with E-state index in [-0.39, 0.29) is 16.9 Å². The molecule has 2 aliphatic heterocycles. The summed E-state index contributed by atoms with van der Waals surface area (Å²) in [6.45, 7) is 5.62. The number of carbonyl (C=O) groups is 1. The summed E-state index contributed by atoms with van der Waals surface area (Å²) in [4.78, 5) is 14.4. The minimum absolute atomic E-state index is 0.0390. The van der Waals surface area contributed by atoms with E-state index in [1.807, 2.05) is 4.90 Å². The second-order valence-electron chi connectivity index (χ2n) is 6.65. The summed E-state index contributed by atoms with van der Waals surface area (Å²) < 4.78 is 34.3. The highest BCUT2D eigenvalue weighted by Gasteiger charge is 2.29. The third-order valence-corrected chi connectivity index (χ3v) is 6.07. The van der Waals surface area contributed by atoms with Crippen LogP contribution in [-0.4, -0.2) is 46.0 Å². The fourth-order valence-corrected chi connectivity index (χ4v) is 4.51. The average molecular weight is 379 g/mol. The lowest BCUT2D eigenvalue weighted by Gasteiger charge is -2.29. The number of fused-ring (bicyclic) bond motifs is 1. The van der Waals surface area contributed by atoms with Gasteiger partial charge in [0.05, 0.1) is 11.8 Å². The molecule has 0 spiro atoms. The fraction of sp³-hybridized carbons (Fsp3) is 0.556. The van der Waals surface area contributed by atoms with Crippen LogP contribution in [0.4, 0.5) is 5.69 Å². The van der Waals surface area contributed by atoms with E-state index < -0.39 is 10.0 Å². The van der Waals surface area contributed by atoms with Crippen molar-refractivity contribution in [1.29, 1.82) is 0 Å². The van der Waals surface area contributed by atoms with Crippen LogP contribution in [-0.2, 0) is 14.8 Å². The third-order valence-electron chi connectivity index (χ3n) is 4.68. The van der Waals surface area contributed by atoms with E-state index in [1.54, 1.807) is 19.1 Å². The van der Waals surface area contributed by atoms with Gasteiger partial charge in [-0.15, -0.1) is 4.40 Å². The first-order valence-electron chi connectivity index (χ1n) is 9.05. The second kappa shape index (κ2) is 7.75. The maximum absolute atomic E-state index is 12.5. The number of benzene rings is 1. The zero-order valence-electron chi connectivity index (χ0n) is 15.2. The van der Waals surface area contributed by atoms with Crippen molar-refractivity contribution in [2.24, 2.45) is 4.40 Å². The molecule has 142 valence electrons. The number of rotatable bonds is 6. The van der Waals surface area contributed by atoms with E-state index in [1.165, 1.54) is 6.07 Å². The topological polar surface area (TPSA) is 88.1 Å². The van der Waals surface area contributed by atoms with Gasteiger partial charge >= 0.3 is 0 Å². The van der Waals surface area contributed by atoms with E-state index in [0.717, 1.165) is 32.3 Å². The quantitative estimate of drug-likeness (QED) is 0.819. The van der Waals surface area contributed by atoms with Gasteiger partial charge in [-0.2, -0.15) is 8.42 Å². The number of carbonyl (C=O) groups excluding carboxylic acids is 1. The summed E-state index contributed by atoms with van der Waals surface area (Å²) >= 11 is 0. The number of sulfonamides is 1. The molecule has 26 heavy (non-hydrogen) atoms. The number of nitrogens with one attached hydrogen (secondary N) is 1. The molecule has 7 nitrogen and oxygen atoms in total. The minimum Gasteiger partial charge on any atom is -0.376 e. The van der Waals surface area contributed by atoms with Crippen LogP contribution in [0.15, 0.2) is 27.5 Å². The molecule has 2 aliphatic rings. The van der Waals surface area contributed by atoms with Crippen molar-refractivity contribution in [1.82, 2.24) is 5.32 Å². The molecule has 1 aromatic carbocycles. The summed E-state index contributed by atoms with van der Waals surface area (Å²) in [7, 11) is -3.79. The molecule has 0 unspecified atom stereocenters. The Morgan fingerprint density at radius 2 is 2.23 bits per heavy atom. The maximum Gasteiger partial charge on any atom is 0.286 e. The molecule has 1 amide bonds. The Morgan fingerprint density at radius 1 is 1.42 bits per heavy atom. The zero-order valence-corrected chi connectivity index (χ0v) is 16.0. The molecule has 0 radical (unpaired) electrons. The van der Waals surface area contributed by atoms with E-state index in [0.29, 0.717) is 30.2 Å². The molecule has 1 atom stereocenters. The average Bonchev–Trinajstić information content (AvgIpc) is 3.12. The molecule has 1 saturated heterocycles. The van der Waals surface area contributed by atoms with Gasteiger partial charge in [0.2, 0.25) is 0 Å². The lowest BCUT2D eigenvalue weighted by atomic mass is 10.1. The molecule has 1 N–H and O–H groups in total. The molecule has 0 aromatic heterocycles. The number of ether oxygens (including phenoxy) is 1. The Kier molecular flexibility index (Phi) is 5.62. The summed E-state index contributed by atoms with van der Waals surface area (Å²) in [6.07, 6.45) is 3.89. The summed E-state index contributed by atoms with van der Waals surface area (Å²) in [5, 5.41) is 2.82. The Bertz CT molecular complexity index is 814. The molecule has 1 aromatic rings. The molecular formula is C18H25N3O4S. The number of hydrogen-bond donors (Lipinski definition) is 1. The smallest absolute Gasteiger partial charge is 0.286 e. The van der Waals surface area contributed by atoms with Crippen molar-refractivity contribution in [2.45, 2.75) is 50.5 Å². The number of unbranched alkanes of at least 4 members (excludes halogenated alkanes) is 1. The first-order chi connectivity index (χ1) is 12.4. The van der Waals surface area contributed by atoms with Gasteiger partial charge in [0.25, 0.3) is 15.9 Å². The highest BCUT2D eigenvalue weighted by Crippen LogP contribution is 2.32. The lowest BCUT2D eigenvalue weighted by Crippen LogP contribution is -2.35. The molecule has 2 heterocycles. The Labute approximate surface area is 154 Å². The van der Waals surface area contributed by atoms with E-state index in [2.05, 4.69) is 16.6 Å². The largest absolute Gasteiger partial charge is 0.376 e. The van der Waals surface area contributed by atoms with Gasteiger partial charge in [0, 0.05) is 25.3 Å². The van der Waals surface area contributed by atoms with Gasteiger partial charge in [0.1, 0.15) is 10.7 Å². The second-order valence-corrected chi connectivity index (χ2v) is 8.22.